The average molecular weight is 470 g/mol. The Morgan fingerprint density at radius 1 is 0.957 bits per heavy atom. The van der Waals surface area contributed by atoms with E-state index in [0.717, 1.165) is 0 Å². The Hall–Kier alpha value is -1.59. The van der Waals surface area contributed by atoms with Crippen molar-refractivity contribution in [3.05, 3.63) is 30.3 Å². The maximum absolute atomic E-state index is 12.3. The van der Waals surface area contributed by atoms with Gasteiger partial charge in [-0.2, -0.15) is 9.97 Å². The number of benzene rings is 1. The van der Waals surface area contributed by atoms with Gasteiger partial charge in [-0.25, -0.2) is 8.42 Å². The highest BCUT2D eigenvalue weighted by atomic mass is 79.9. The zero-order valence-electron chi connectivity index (χ0n) is 12.4. The molecule has 0 saturated carbocycles. The minimum absolute atomic E-state index is 0. The summed E-state index contributed by atoms with van der Waals surface area (Å²) >= 11 is 0. The van der Waals surface area contributed by atoms with E-state index in [4.69, 9.17) is 5.73 Å². The molecule has 8 nitrogen and oxygen atoms in total. The Labute approximate surface area is 155 Å². The van der Waals surface area contributed by atoms with Crippen LogP contribution < -0.4 is 21.1 Å². The highest BCUT2D eigenvalue weighted by Crippen LogP contribution is 2.19. The SMILES string of the molecule is Br.Br.CNc1cc(NS(=O)(=O)c2ccc(N)cc2)nc(NC)n1. The molecule has 11 heteroatoms. The fourth-order valence-electron chi connectivity index (χ4n) is 1.58. The lowest BCUT2D eigenvalue weighted by molar-refractivity contribution is 0.601. The molecule has 0 atom stereocenters. The van der Waals surface area contributed by atoms with E-state index < -0.39 is 10.0 Å². The van der Waals surface area contributed by atoms with Gasteiger partial charge in [-0.05, 0) is 24.3 Å². The molecule has 23 heavy (non-hydrogen) atoms. The van der Waals surface area contributed by atoms with E-state index in [1.807, 2.05) is 0 Å². The normalized spacial score (nSPS) is 10.0. The number of nitrogens with two attached hydrogens (primary N) is 1. The highest BCUT2D eigenvalue weighted by Gasteiger charge is 2.15. The lowest BCUT2D eigenvalue weighted by Crippen LogP contribution is -2.15. The number of nitrogens with zero attached hydrogens (tertiary/aromatic N) is 2. The van der Waals surface area contributed by atoms with Crippen LogP contribution in [0.4, 0.5) is 23.3 Å². The predicted molar refractivity (Wildman–Crippen MR) is 103 cm³/mol. The van der Waals surface area contributed by atoms with Crippen LogP contribution in [-0.4, -0.2) is 32.5 Å². The zero-order valence-corrected chi connectivity index (χ0v) is 16.6. The second-order valence-corrected chi connectivity index (χ2v) is 5.82. The van der Waals surface area contributed by atoms with Crippen molar-refractivity contribution in [2.24, 2.45) is 0 Å². The summed E-state index contributed by atoms with van der Waals surface area (Å²) in [5.74, 6) is 0.955. The molecule has 0 fully saturated rings. The van der Waals surface area contributed by atoms with Crippen LogP contribution in [0, 0.1) is 0 Å². The van der Waals surface area contributed by atoms with Crippen molar-refractivity contribution < 1.29 is 8.42 Å². The molecular formula is C12H18Br2N6O2S. The largest absolute Gasteiger partial charge is 0.399 e. The molecule has 2 rings (SSSR count). The fourth-order valence-corrected chi connectivity index (χ4v) is 2.58. The maximum Gasteiger partial charge on any atom is 0.263 e. The van der Waals surface area contributed by atoms with Gasteiger partial charge in [0, 0.05) is 25.8 Å². The Morgan fingerprint density at radius 2 is 1.52 bits per heavy atom. The molecule has 0 bridgehead atoms. The van der Waals surface area contributed by atoms with Crippen molar-refractivity contribution in [1.82, 2.24) is 9.97 Å². The number of rotatable bonds is 5. The number of anilines is 4. The van der Waals surface area contributed by atoms with Crippen molar-refractivity contribution in [3.63, 3.8) is 0 Å². The first-order valence-corrected chi connectivity index (χ1v) is 7.56. The molecule has 0 unspecified atom stereocenters. The van der Waals surface area contributed by atoms with E-state index in [1.54, 1.807) is 14.1 Å². The average Bonchev–Trinajstić information content (AvgIpc) is 2.46. The van der Waals surface area contributed by atoms with Gasteiger partial charge in [-0.1, -0.05) is 0 Å². The van der Waals surface area contributed by atoms with Gasteiger partial charge >= 0.3 is 0 Å². The van der Waals surface area contributed by atoms with Crippen LogP contribution >= 0.6 is 34.0 Å². The Morgan fingerprint density at radius 3 is 2.04 bits per heavy atom. The molecule has 0 radical (unpaired) electrons. The summed E-state index contributed by atoms with van der Waals surface area (Å²) in [5.41, 5.74) is 6.04. The molecule has 0 spiro atoms. The van der Waals surface area contributed by atoms with Crippen LogP contribution in [0.25, 0.3) is 0 Å². The minimum Gasteiger partial charge on any atom is -0.399 e. The second kappa shape index (κ2) is 8.89. The third-order valence-corrected chi connectivity index (χ3v) is 4.01. The quantitative estimate of drug-likeness (QED) is 0.494. The fraction of sp³-hybridized carbons (Fsp3) is 0.167. The molecule has 0 aliphatic carbocycles. The molecule has 1 aromatic heterocycles. The number of sulfonamides is 1. The predicted octanol–water partition coefficient (Wildman–Crippen LogP) is 2.10. The maximum atomic E-state index is 12.3. The molecule has 1 heterocycles. The van der Waals surface area contributed by atoms with Crippen molar-refractivity contribution in [2.75, 3.05) is 35.2 Å². The van der Waals surface area contributed by atoms with E-state index in [2.05, 4.69) is 25.3 Å². The monoisotopic (exact) mass is 468 g/mol. The van der Waals surface area contributed by atoms with E-state index in [9.17, 15) is 8.42 Å². The standard InChI is InChI=1S/C12H16N6O2S.2BrH/c1-14-10-7-11(17-12(15-2)16-10)18-21(19,20)9-5-3-8(13)4-6-9;;/h3-7H,13H2,1-2H3,(H3,14,15,16,17,18);2*1H. The molecule has 1 aromatic carbocycles. The third kappa shape index (κ3) is 5.52. The molecule has 0 saturated heterocycles. The minimum atomic E-state index is -3.73. The molecule has 128 valence electrons. The summed E-state index contributed by atoms with van der Waals surface area (Å²) < 4.78 is 26.9. The Bertz CT molecular complexity index is 717. The van der Waals surface area contributed by atoms with Gasteiger partial charge in [0.15, 0.2) is 0 Å². The van der Waals surface area contributed by atoms with Crippen LogP contribution in [0.5, 0.6) is 0 Å². The Kier molecular flexibility index (Phi) is 8.28. The summed E-state index contributed by atoms with van der Waals surface area (Å²) in [6, 6.07) is 7.39. The van der Waals surface area contributed by atoms with Crippen LogP contribution in [0.1, 0.15) is 0 Å². The molecule has 0 amide bonds. The summed E-state index contributed by atoms with van der Waals surface area (Å²) in [7, 11) is -0.405. The van der Waals surface area contributed by atoms with Gasteiger partial charge in [-0.15, -0.1) is 34.0 Å². The zero-order chi connectivity index (χ0) is 15.5. The van der Waals surface area contributed by atoms with E-state index >= 15 is 0 Å². The van der Waals surface area contributed by atoms with Crippen molar-refractivity contribution in [1.29, 1.82) is 0 Å². The van der Waals surface area contributed by atoms with Gasteiger partial charge in [0.05, 0.1) is 4.90 Å². The number of nitrogens with one attached hydrogen (secondary N) is 3. The topological polar surface area (TPSA) is 122 Å². The van der Waals surface area contributed by atoms with Gasteiger partial charge in [0.1, 0.15) is 11.6 Å². The lowest BCUT2D eigenvalue weighted by atomic mass is 10.3. The summed E-state index contributed by atoms with van der Waals surface area (Å²) in [4.78, 5) is 8.25. The third-order valence-electron chi connectivity index (χ3n) is 2.64. The van der Waals surface area contributed by atoms with Crippen LogP contribution in [0.15, 0.2) is 35.2 Å². The van der Waals surface area contributed by atoms with Gasteiger partial charge in [0.25, 0.3) is 10.0 Å². The first-order valence-electron chi connectivity index (χ1n) is 6.07. The van der Waals surface area contributed by atoms with E-state index in [1.165, 1.54) is 30.3 Å². The number of halogens is 2. The number of hydrogen-bond acceptors (Lipinski definition) is 7. The second-order valence-electron chi connectivity index (χ2n) is 4.14. The van der Waals surface area contributed by atoms with Crippen molar-refractivity contribution in [3.8, 4) is 0 Å². The molecule has 0 aliphatic rings. The number of hydrogen-bond donors (Lipinski definition) is 4. The van der Waals surface area contributed by atoms with E-state index in [-0.39, 0.29) is 44.7 Å². The first kappa shape index (κ1) is 21.4. The van der Waals surface area contributed by atoms with Crippen LogP contribution in [-0.2, 0) is 10.0 Å². The van der Waals surface area contributed by atoms with Crippen molar-refractivity contribution in [2.45, 2.75) is 4.90 Å². The lowest BCUT2D eigenvalue weighted by Gasteiger charge is -2.10. The van der Waals surface area contributed by atoms with Crippen LogP contribution in [0.3, 0.4) is 0 Å². The Balaban J connectivity index is 0.00000242. The summed E-state index contributed by atoms with van der Waals surface area (Å²) in [6.45, 7) is 0. The molecule has 0 aliphatic heterocycles. The van der Waals surface area contributed by atoms with Crippen LogP contribution in [0.2, 0.25) is 0 Å². The number of aromatic nitrogens is 2. The summed E-state index contributed by atoms with van der Waals surface area (Å²) in [5, 5.41) is 5.59. The first-order chi connectivity index (χ1) is 9.94. The molecule has 5 N–H and O–H groups in total. The van der Waals surface area contributed by atoms with Crippen molar-refractivity contribution >= 4 is 67.3 Å². The molecule has 2 aromatic rings. The van der Waals surface area contributed by atoms with E-state index in [0.29, 0.717) is 17.5 Å². The summed E-state index contributed by atoms with van der Waals surface area (Å²) in [6.07, 6.45) is 0. The highest BCUT2D eigenvalue weighted by molar-refractivity contribution is 8.93. The smallest absolute Gasteiger partial charge is 0.263 e. The van der Waals surface area contributed by atoms with Gasteiger partial charge in [-0.3, -0.25) is 4.72 Å². The van der Waals surface area contributed by atoms with Gasteiger partial charge < -0.3 is 16.4 Å². The number of nitrogen functional groups attached to an aromatic ring is 1. The molecular weight excluding hydrogens is 452 g/mol. The van der Waals surface area contributed by atoms with Gasteiger partial charge in [0.2, 0.25) is 5.95 Å².